The Morgan fingerprint density at radius 2 is 2.16 bits per heavy atom. The molecule has 0 radical (unpaired) electrons. The van der Waals surface area contributed by atoms with Crippen molar-refractivity contribution in [2.75, 3.05) is 17.8 Å². The van der Waals surface area contributed by atoms with Crippen LogP contribution in [0.5, 0.6) is 0 Å². The standard InChI is InChI=1S/C13H14FNO2S2/c1-19(16,17)6-5-18-9-11-8-12(14)7-10-3-2-4-15-13(10)11/h2-4,7-8H,5-6,9H2,1H3. The lowest BCUT2D eigenvalue weighted by molar-refractivity contribution is 0.603. The van der Waals surface area contributed by atoms with E-state index in [9.17, 15) is 12.8 Å². The maximum atomic E-state index is 13.5. The SMILES string of the molecule is CS(=O)(=O)CCSCc1cc(F)cc2cccnc12. The summed E-state index contributed by atoms with van der Waals surface area (Å²) in [5, 5.41) is 0.765. The molecule has 0 spiro atoms. The van der Waals surface area contributed by atoms with Gasteiger partial charge < -0.3 is 0 Å². The monoisotopic (exact) mass is 299 g/mol. The first-order valence-corrected chi connectivity index (χ1v) is 8.96. The fourth-order valence-electron chi connectivity index (χ4n) is 1.73. The van der Waals surface area contributed by atoms with Crippen molar-refractivity contribution < 1.29 is 12.8 Å². The Bertz CT molecular complexity index is 686. The van der Waals surface area contributed by atoms with Crippen molar-refractivity contribution >= 4 is 32.5 Å². The number of thioether (sulfide) groups is 1. The maximum absolute atomic E-state index is 13.5. The Labute approximate surface area is 116 Å². The number of fused-ring (bicyclic) bond motifs is 1. The van der Waals surface area contributed by atoms with Crippen molar-refractivity contribution in [1.82, 2.24) is 4.98 Å². The number of rotatable bonds is 5. The van der Waals surface area contributed by atoms with Gasteiger partial charge >= 0.3 is 0 Å². The van der Waals surface area contributed by atoms with Crippen molar-refractivity contribution in [2.45, 2.75) is 5.75 Å². The van der Waals surface area contributed by atoms with E-state index in [1.807, 2.05) is 6.07 Å². The molecule has 1 aromatic carbocycles. The van der Waals surface area contributed by atoms with E-state index in [2.05, 4.69) is 4.98 Å². The Morgan fingerprint density at radius 3 is 2.89 bits per heavy atom. The van der Waals surface area contributed by atoms with E-state index in [-0.39, 0.29) is 11.6 Å². The van der Waals surface area contributed by atoms with Gasteiger partial charge in [0.2, 0.25) is 0 Å². The zero-order valence-corrected chi connectivity index (χ0v) is 12.1. The molecule has 0 unspecified atom stereocenters. The normalized spacial score (nSPS) is 11.9. The molecule has 0 bridgehead atoms. The van der Waals surface area contributed by atoms with Crippen molar-refractivity contribution in [3.05, 3.63) is 41.8 Å². The minimum atomic E-state index is -2.94. The van der Waals surface area contributed by atoms with Gasteiger partial charge in [0.05, 0.1) is 11.3 Å². The molecule has 1 heterocycles. The van der Waals surface area contributed by atoms with Crippen LogP contribution in [0.4, 0.5) is 4.39 Å². The quantitative estimate of drug-likeness (QED) is 0.796. The second-order valence-electron chi connectivity index (χ2n) is 4.32. The third-order valence-corrected chi connectivity index (χ3v) is 4.82. The number of hydrogen-bond donors (Lipinski definition) is 0. The Hall–Kier alpha value is -1.14. The van der Waals surface area contributed by atoms with E-state index in [1.165, 1.54) is 30.2 Å². The molecule has 102 valence electrons. The summed E-state index contributed by atoms with van der Waals surface area (Å²) in [7, 11) is -2.94. The van der Waals surface area contributed by atoms with Gasteiger partial charge in [0.15, 0.2) is 0 Å². The van der Waals surface area contributed by atoms with Gasteiger partial charge in [0, 0.05) is 29.3 Å². The number of hydrogen-bond acceptors (Lipinski definition) is 4. The summed E-state index contributed by atoms with van der Waals surface area (Å²) < 4.78 is 35.5. The Kier molecular flexibility index (Phi) is 4.42. The van der Waals surface area contributed by atoms with Gasteiger partial charge in [-0.15, -0.1) is 0 Å². The Morgan fingerprint density at radius 1 is 1.37 bits per heavy atom. The van der Waals surface area contributed by atoms with Gasteiger partial charge in [-0.1, -0.05) is 6.07 Å². The van der Waals surface area contributed by atoms with Gasteiger partial charge in [-0.2, -0.15) is 11.8 Å². The molecule has 0 N–H and O–H groups in total. The number of benzene rings is 1. The molecular weight excluding hydrogens is 285 g/mol. The van der Waals surface area contributed by atoms with E-state index in [4.69, 9.17) is 0 Å². The molecule has 0 saturated heterocycles. The number of halogens is 1. The molecule has 19 heavy (non-hydrogen) atoms. The predicted octanol–water partition coefficient (Wildman–Crippen LogP) is 2.65. The number of nitrogens with zero attached hydrogens (tertiary/aromatic N) is 1. The molecule has 0 amide bonds. The minimum absolute atomic E-state index is 0.137. The highest BCUT2D eigenvalue weighted by Gasteiger charge is 2.07. The average molecular weight is 299 g/mol. The lowest BCUT2D eigenvalue weighted by Gasteiger charge is -2.06. The van der Waals surface area contributed by atoms with E-state index >= 15 is 0 Å². The first-order chi connectivity index (χ1) is 8.96. The third kappa shape index (κ3) is 4.18. The van der Waals surface area contributed by atoms with Crippen molar-refractivity contribution in [1.29, 1.82) is 0 Å². The van der Waals surface area contributed by atoms with Crippen LogP contribution >= 0.6 is 11.8 Å². The molecule has 3 nitrogen and oxygen atoms in total. The summed E-state index contributed by atoms with van der Waals surface area (Å²) in [5.41, 5.74) is 1.57. The second-order valence-corrected chi connectivity index (χ2v) is 7.69. The van der Waals surface area contributed by atoms with Crippen molar-refractivity contribution in [3.8, 4) is 0 Å². The highest BCUT2D eigenvalue weighted by atomic mass is 32.2. The molecule has 0 aliphatic rings. The van der Waals surface area contributed by atoms with Crippen LogP contribution in [0.1, 0.15) is 5.56 Å². The van der Waals surface area contributed by atoms with E-state index in [0.29, 0.717) is 11.5 Å². The molecule has 2 rings (SSSR count). The molecular formula is C13H14FNO2S2. The first-order valence-electron chi connectivity index (χ1n) is 5.74. The summed E-state index contributed by atoms with van der Waals surface area (Å²) >= 11 is 1.47. The molecule has 0 saturated carbocycles. The second kappa shape index (κ2) is 5.88. The number of aromatic nitrogens is 1. The fourth-order valence-corrected chi connectivity index (χ4v) is 4.00. The van der Waals surface area contributed by atoms with Crippen LogP contribution < -0.4 is 0 Å². The van der Waals surface area contributed by atoms with Crippen LogP contribution in [-0.2, 0) is 15.6 Å². The van der Waals surface area contributed by atoms with E-state index < -0.39 is 9.84 Å². The van der Waals surface area contributed by atoms with Gasteiger partial charge in [-0.3, -0.25) is 4.98 Å². The molecule has 0 aliphatic heterocycles. The molecule has 0 atom stereocenters. The topological polar surface area (TPSA) is 47.0 Å². The van der Waals surface area contributed by atoms with E-state index in [1.54, 1.807) is 12.3 Å². The van der Waals surface area contributed by atoms with Crippen LogP contribution in [-0.4, -0.2) is 31.2 Å². The van der Waals surface area contributed by atoms with Crippen LogP contribution in [0.15, 0.2) is 30.5 Å². The molecule has 1 aromatic heterocycles. The molecule has 0 fully saturated rings. The average Bonchev–Trinajstić information content (AvgIpc) is 2.33. The zero-order valence-electron chi connectivity index (χ0n) is 10.5. The molecule has 6 heteroatoms. The summed E-state index contributed by atoms with van der Waals surface area (Å²) in [4.78, 5) is 4.25. The third-order valence-electron chi connectivity index (χ3n) is 2.60. The van der Waals surface area contributed by atoms with E-state index in [0.717, 1.165) is 16.5 Å². The van der Waals surface area contributed by atoms with Crippen molar-refractivity contribution in [3.63, 3.8) is 0 Å². The highest BCUT2D eigenvalue weighted by molar-refractivity contribution is 7.99. The van der Waals surface area contributed by atoms with Crippen LogP contribution in [0.25, 0.3) is 10.9 Å². The minimum Gasteiger partial charge on any atom is -0.256 e. The fraction of sp³-hybridized carbons (Fsp3) is 0.308. The lowest BCUT2D eigenvalue weighted by atomic mass is 10.1. The van der Waals surface area contributed by atoms with Crippen LogP contribution in [0, 0.1) is 5.82 Å². The molecule has 0 aliphatic carbocycles. The lowest BCUT2D eigenvalue weighted by Crippen LogP contribution is -2.05. The van der Waals surface area contributed by atoms with Gasteiger partial charge in [0.1, 0.15) is 15.7 Å². The maximum Gasteiger partial charge on any atom is 0.148 e. The predicted molar refractivity (Wildman–Crippen MR) is 77.6 cm³/mol. The summed E-state index contributed by atoms with van der Waals surface area (Å²) in [6.07, 6.45) is 2.89. The van der Waals surface area contributed by atoms with Crippen LogP contribution in [0.3, 0.4) is 0 Å². The largest absolute Gasteiger partial charge is 0.256 e. The summed E-state index contributed by atoms with van der Waals surface area (Å²) in [6.45, 7) is 0. The van der Waals surface area contributed by atoms with Gasteiger partial charge in [-0.05, 0) is 23.8 Å². The van der Waals surface area contributed by atoms with Gasteiger partial charge in [-0.25, -0.2) is 12.8 Å². The molecule has 2 aromatic rings. The van der Waals surface area contributed by atoms with Gasteiger partial charge in [0.25, 0.3) is 0 Å². The summed E-state index contributed by atoms with van der Waals surface area (Å²) in [6, 6.07) is 6.49. The van der Waals surface area contributed by atoms with Crippen LogP contribution in [0.2, 0.25) is 0 Å². The zero-order chi connectivity index (χ0) is 13.9. The number of sulfone groups is 1. The smallest absolute Gasteiger partial charge is 0.148 e. The highest BCUT2D eigenvalue weighted by Crippen LogP contribution is 2.22. The number of pyridine rings is 1. The van der Waals surface area contributed by atoms with Crippen molar-refractivity contribution in [2.24, 2.45) is 0 Å². The summed E-state index contributed by atoms with van der Waals surface area (Å²) in [5.74, 6) is 0.905. The Balaban J connectivity index is 2.12. The first kappa shape index (κ1) is 14.3.